The number of aliphatic hydroxyl groups is 1. The zero-order valence-corrected chi connectivity index (χ0v) is 21.6. The number of rotatable bonds is 4. The summed E-state index contributed by atoms with van der Waals surface area (Å²) in [4.78, 5) is 12.4. The summed E-state index contributed by atoms with van der Waals surface area (Å²) in [5, 5.41) is 11.9. The van der Waals surface area contributed by atoms with E-state index in [-0.39, 0.29) is 22.9 Å². The molecule has 1 aliphatic heterocycles. The van der Waals surface area contributed by atoms with Crippen molar-refractivity contribution in [1.29, 1.82) is 0 Å². The summed E-state index contributed by atoms with van der Waals surface area (Å²) >= 11 is 4.03. The first-order chi connectivity index (χ1) is 15.0. The number of carbonyl (C=O) groups is 1. The summed E-state index contributed by atoms with van der Waals surface area (Å²) in [6.45, 7) is 9.18. The van der Waals surface area contributed by atoms with Crippen molar-refractivity contribution in [2.24, 2.45) is 16.7 Å². The van der Waals surface area contributed by atoms with Gasteiger partial charge in [0, 0.05) is 11.2 Å². The number of carbonyl (C=O) groups excluding carboxylic acids is 1. The van der Waals surface area contributed by atoms with Gasteiger partial charge in [0.15, 0.2) is 0 Å². The highest BCUT2D eigenvalue weighted by atomic mass is 79.9. The number of hydrogen-bond donors (Lipinski definition) is 1. The number of ether oxygens (including phenoxy) is 2. The molecule has 4 nitrogen and oxygen atoms in total. The van der Waals surface area contributed by atoms with Gasteiger partial charge in [0.25, 0.3) is 0 Å². The Bertz CT molecular complexity index is 922. The molecule has 0 bridgehead atoms. The second-order valence-corrected chi connectivity index (χ2v) is 12.3. The van der Waals surface area contributed by atoms with Gasteiger partial charge in [-0.1, -0.05) is 41.4 Å². The standard InChI is InChI=1S/C27H37BrO4/c1-17(2)8-12-26(4)21-9-13-27(30,16-25(21,3)11-10-22(26)28)23-15-19-14-18(24(29)31-5)6-7-20(19)32-23/h6-8,14,21-23,30H,9-13,15-16H2,1-5H3/t21-,22+,23+,25-,26+,27-/m1/s1. The van der Waals surface area contributed by atoms with Crippen molar-refractivity contribution in [3.05, 3.63) is 41.0 Å². The summed E-state index contributed by atoms with van der Waals surface area (Å²) in [6, 6.07) is 5.43. The second kappa shape index (κ2) is 8.47. The van der Waals surface area contributed by atoms with Crippen LogP contribution in [0, 0.1) is 16.7 Å². The Morgan fingerprint density at radius 3 is 2.72 bits per heavy atom. The van der Waals surface area contributed by atoms with Crippen molar-refractivity contribution in [2.75, 3.05) is 7.11 Å². The Hall–Kier alpha value is -1.33. The van der Waals surface area contributed by atoms with E-state index in [2.05, 4.69) is 49.7 Å². The molecule has 0 unspecified atom stereocenters. The lowest BCUT2D eigenvalue weighted by atomic mass is 9.47. The van der Waals surface area contributed by atoms with Crippen LogP contribution in [0.5, 0.6) is 5.75 Å². The van der Waals surface area contributed by atoms with Gasteiger partial charge in [-0.05, 0) is 92.9 Å². The topological polar surface area (TPSA) is 55.8 Å². The molecule has 0 aromatic heterocycles. The van der Waals surface area contributed by atoms with E-state index in [1.807, 2.05) is 12.1 Å². The van der Waals surface area contributed by atoms with E-state index in [0.29, 0.717) is 22.7 Å². The van der Waals surface area contributed by atoms with Crippen LogP contribution in [0.4, 0.5) is 0 Å². The zero-order valence-electron chi connectivity index (χ0n) is 20.0. The second-order valence-electron chi connectivity index (χ2n) is 11.1. The number of benzene rings is 1. The van der Waals surface area contributed by atoms with Crippen LogP contribution in [0.1, 0.15) is 82.1 Å². The molecule has 3 aliphatic rings. The van der Waals surface area contributed by atoms with Crippen molar-refractivity contribution >= 4 is 21.9 Å². The van der Waals surface area contributed by atoms with E-state index in [1.54, 1.807) is 6.07 Å². The van der Waals surface area contributed by atoms with Crippen molar-refractivity contribution in [3.8, 4) is 5.75 Å². The van der Waals surface area contributed by atoms with Crippen LogP contribution in [-0.4, -0.2) is 34.7 Å². The van der Waals surface area contributed by atoms with E-state index in [9.17, 15) is 9.90 Å². The smallest absolute Gasteiger partial charge is 0.337 e. The third kappa shape index (κ3) is 4.04. The lowest BCUT2D eigenvalue weighted by molar-refractivity contribution is -0.157. The molecule has 0 radical (unpaired) electrons. The molecule has 32 heavy (non-hydrogen) atoms. The molecule has 2 aliphatic carbocycles. The number of hydrogen-bond acceptors (Lipinski definition) is 4. The first kappa shape index (κ1) is 23.8. The summed E-state index contributed by atoms with van der Waals surface area (Å²) < 4.78 is 11.1. The minimum Gasteiger partial charge on any atom is -0.487 e. The lowest BCUT2D eigenvalue weighted by Gasteiger charge is -2.60. The summed E-state index contributed by atoms with van der Waals surface area (Å²) in [5.74, 6) is 0.991. The minimum atomic E-state index is -0.855. The van der Waals surface area contributed by atoms with Gasteiger partial charge in [-0.3, -0.25) is 0 Å². The number of alkyl halides is 1. The molecule has 6 atom stereocenters. The van der Waals surface area contributed by atoms with Crippen LogP contribution in [0.25, 0.3) is 0 Å². The van der Waals surface area contributed by atoms with Crippen molar-refractivity contribution < 1.29 is 19.4 Å². The van der Waals surface area contributed by atoms with Crippen molar-refractivity contribution in [3.63, 3.8) is 0 Å². The molecule has 1 aromatic carbocycles. The fourth-order valence-corrected chi connectivity index (χ4v) is 7.54. The number of allylic oxidation sites excluding steroid dienone is 2. The summed E-state index contributed by atoms with van der Waals surface area (Å²) in [7, 11) is 1.39. The Labute approximate surface area is 200 Å². The number of halogens is 1. The van der Waals surface area contributed by atoms with Gasteiger partial charge in [-0.2, -0.15) is 0 Å². The van der Waals surface area contributed by atoms with Crippen LogP contribution in [0.2, 0.25) is 0 Å². The molecule has 0 saturated heterocycles. The van der Waals surface area contributed by atoms with Crippen LogP contribution in [0.3, 0.4) is 0 Å². The molecule has 176 valence electrons. The Morgan fingerprint density at radius 2 is 2.03 bits per heavy atom. The molecular weight excluding hydrogens is 468 g/mol. The molecule has 2 saturated carbocycles. The van der Waals surface area contributed by atoms with Gasteiger partial charge in [0.2, 0.25) is 0 Å². The van der Waals surface area contributed by atoms with E-state index in [4.69, 9.17) is 9.47 Å². The zero-order chi connectivity index (χ0) is 23.3. The number of fused-ring (bicyclic) bond motifs is 2. The predicted octanol–water partition coefficient (Wildman–Crippen LogP) is 6.23. The first-order valence-corrected chi connectivity index (χ1v) is 12.8. The van der Waals surface area contributed by atoms with Gasteiger partial charge in [-0.15, -0.1) is 0 Å². The predicted molar refractivity (Wildman–Crippen MR) is 130 cm³/mol. The highest BCUT2D eigenvalue weighted by Gasteiger charge is 2.59. The van der Waals surface area contributed by atoms with E-state index in [0.717, 1.165) is 49.8 Å². The lowest BCUT2D eigenvalue weighted by Crippen LogP contribution is -2.59. The monoisotopic (exact) mass is 504 g/mol. The largest absolute Gasteiger partial charge is 0.487 e. The Kier molecular flexibility index (Phi) is 6.30. The van der Waals surface area contributed by atoms with Gasteiger partial charge in [0.1, 0.15) is 17.5 Å². The third-order valence-corrected chi connectivity index (χ3v) is 10.1. The Morgan fingerprint density at radius 1 is 1.28 bits per heavy atom. The highest BCUT2D eigenvalue weighted by Crippen LogP contribution is 2.63. The van der Waals surface area contributed by atoms with Crippen LogP contribution in [-0.2, 0) is 11.2 Å². The first-order valence-electron chi connectivity index (χ1n) is 11.9. The maximum Gasteiger partial charge on any atom is 0.337 e. The van der Waals surface area contributed by atoms with E-state index < -0.39 is 5.60 Å². The number of esters is 1. The van der Waals surface area contributed by atoms with E-state index >= 15 is 0 Å². The molecular formula is C27H37BrO4. The summed E-state index contributed by atoms with van der Waals surface area (Å²) in [5.41, 5.74) is 2.29. The average Bonchev–Trinajstić information content (AvgIpc) is 3.19. The molecule has 4 rings (SSSR count). The number of methoxy groups -OCH3 is 1. The van der Waals surface area contributed by atoms with Crippen LogP contribution in [0.15, 0.2) is 29.8 Å². The fourth-order valence-electron chi connectivity index (χ4n) is 6.81. The summed E-state index contributed by atoms with van der Waals surface area (Å²) in [6.07, 6.45) is 8.59. The molecule has 0 amide bonds. The Balaban J connectivity index is 1.55. The van der Waals surface area contributed by atoms with Crippen molar-refractivity contribution in [1.82, 2.24) is 0 Å². The molecule has 1 N–H and O–H groups in total. The molecule has 2 fully saturated rings. The van der Waals surface area contributed by atoms with Crippen LogP contribution >= 0.6 is 15.9 Å². The average molecular weight is 505 g/mol. The fraction of sp³-hybridized carbons (Fsp3) is 0.667. The normalized spacial score (nSPS) is 38.3. The van der Waals surface area contributed by atoms with E-state index in [1.165, 1.54) is 12.7 Å². The highest BCUT2D eigenvalue weighted by molar-refractivity contribution is 9.09. The van der Waals surface area contributed by atoms with Gasteiger partial charge in [0.05, 0.1) is 12.7 Å². The quantitative estimate of drug-likeness (QED) is 0.299. The van der Waals surface area contributed by atoms with Crippen molar-refractivity contribution in [2.45, 2.75) is 89.2 Å². The minimum absolute atomic E-state index is 0.0802. The molecule has 1 aromatic rings. The molecule has 5 heteroatoms. The molecule has 0 spiro atoms. The van der Waals surface area contributed by atoms with Gasteiger partial charge >= 0.3 is 5.97 Å². The maximum atomic E-state index is 11.9. The van der Waals surface area contributed by atoms with Gasteiger partial charge < -0.3 is 14.6 Å². The maximum absolute atomic E-state index is 11.9. The SMILES string of the molecule is COC(=O)c1ccc2c(c1)C[C@@H]([C@@]1(O)CC[C@@H]3[C@](C)(CC[C@H](Br)[C@@]3(C)CC=C(C)C)C1)O2. The van der Waals surface area contributed by atoms with Crippen LogP contribution < -0.4 is 4.74 Å². The third-order valence-electron chi connectivity index (χ3n) is 8.60. The molecule has 1 heterocycles. The van der Waals surface area contributed by atoms with Gasteiger partial charge in [-0.25, -0.2) is 4.79 Å².